The topological polar surface area (TPSA) is 67.3 Å². The SMILES string of the molecule is CCOc1ccccc1NC(=O)c1nc2ccccc2nc1N(CC)CC. The number of hydrogen-bond donors (Lipinski definition) is 1. The number of carbonyl (C=O) groups excluding carboxylic acids is 1. The molecular weight excluding hydrogens is 340 g/mol. The van der Waals surface area contributed by atoms with E-state index in [-0.39, 0.29) is 5.91 Å². The molecule has 0 aliphatic rings. The fourth-order valence-electron chi connectivity index (χ4n) is 2.92. The average molecular weight is 364 g/mol. The molecule has 1 N–H and O–H groups in total. The lowest BCUT2D eigenvalue weighted by atomic mass is 10.2. The normalized spacial score (nSPS) is 10.6. The highest BCUT2D eigenvalue weighted by atomic mass is 16.5. The van der Waals surface area contributed by atoms with E-state index in [1.165, 1.54) is 0 Å². The first-order valence-electron chi connectivity index (χ1n) is 9.22. The van der Waals surface area contributed by atoms with E-state index in [1.54, 1.807) is 0 Å². The quantitative estimate of drug-likeness (QED) is 0.683. The van der Waals surface area contributed by atoms with Crippen molar-refractivity contribution in [3.8, 4) is 5.75 Å². The lowest BCUT2D eigenvalue weighted by molar-refractivity contribution is 0.102. The molecule has 0 bridgehead atoms. The van der Waals surface area contributed by atoms with Gasteiger partial charge in [0.1, 0.15) is 5.75 Å². The molecular formula is C21H24N4O2. The van der Waals surface area contributed by atoms with Gasteiger partial charge in [-0.2, -0.15) is 0 Å². The second-order valence-electron chi connectivity index (χ2n) is 5.94. The van der Waals surface area contributed by atoms with Crippen LogP contribution in [0.1, 0.15) is 31.3 Å². The molecule has 27 heavy (non-hydrogen) atoms. The molecule has 1 heterocycles. The van der Waals surface area contributed by atoms with Crippen molar-refractivity contribution in [1.82, 2.24) is 9.97 Å². The van der Waals surface area contributed by atoms with E-state index in [9.17, 15) is 4.79 Å². The Bertz CT molecular complexity index is 938. The van der Waals surface area contributed by atoms with Crippen LogP contribution in [0.15, 0.2) is 48.5 Å². The predicted octanol–water partition coefficient (Wildman–Crippen LogP) is 4.13. The number of aromatic nitrogens is 2. The van der Waals surface area contributed by atoms with Crippen LogP contribution in [0.3, 0.4) is 0 Å². The Kier molecular flexibility index (Phi) is 5.86. The number of rotatable bonds is 7. The van der Waals surface area contributed by atoms with Crippen LogP contribution < -0.4 is 15.0 Å². The third-order valence-electron chi connectivity index (χ3n) is 4.27. The van der Waals surface area contributed by atoms with Crippen LogP contribution >= 0.6 is 0 Å². The van der Waals surface area contributed by atoms with Crippen molar-refractivity contribution in [3.63, 3.8) is 0 Å². The highest BCUT2D eigenvalue weighted by Gasteiger charge is 2.21. The first kappa shape index (κ1) is 18.6. The summed E-state index contributed by atoms with van der Waals surface area (Å²) in [5, 5.41) is 2.93. The molecule has 1 amide bonds. The van der Waals surface area contributed by atoms with Crippen molar-refractivity contribution in [2.45, 2.75) is 20.8 Å². The second-order valence-corrected chi connectivity index (χ2v) is 5.94. The summed E-state index contributed by atoms with van der Waals surface area (Å²) in [6.45, 7) is 7.97. The maximum Gasteiger partial charge on any atom is 0.278 e. The molecule has 3 aromatic rings. The van der Waals surface area contributed by atoms with Crippen LogP contribution in [0.5, 0.6) is 5.75 Å². The van der Waals surface area contributed by atoms with Gasteiger partial charge in [-0.1, -0.05) is 24.3 Å². The predicted molar refractivity (Wildman–Crippen MR) is 109 cm³/mol. The highest BCUT2D eigenvalue weighted by molar-refractivity contribution is 6.07. The van der Waals surface area contributed by atoms with Gasteiger partial charge in [0.05, 0.1) is 23.3 Å². The van der Waals surface area contributed by atoms with E-state index in [4.69, 9.17) is 9.72 Å². The molecule has 0 atom stereocenters. The van der Waals surface area contributed by atoms with Crippen LogP contribution in [-0.2, 0) is 0 Å². The Balaban J connectivity index is 2.04. The van der Waals surface area contributed by atoms with Gasteiger partial charge in [0, 0.05) is 13.1 Å². The van der Waals surface area contributed by atoms with Gasteiger partial charge in [-0.15, -0.1) is 0 Å². The maximum absolute atomic E-state index is 13.1. The summed E-state index contributed by atoms with van der Waals surface area (Å²) in [6, 6.07) is 14.9. The number of hydrogen-bond acceptors (Lipinski definition) is 5. The summed E-state index contributed by atoms with van der Waals surface area (Å²) < 4.78 is 5.60. The molecule has 0 radical (unpaired) electrons. The van der Waals surface area contributed by atoms with Gasteiger partial charge in [-0.3, -0.25) is 4.79 Å². The molecule has 6 nitrogen and oxygen atoms in total. The Hall–Kier alpha value is -3.15. The highest BCUT2D eigenvalue weighted by Crippen LogP contribution is 2.26. The van der Waals surface area contributed by atoms with Crippen molar-refractivity contribution in [2.24, 2.45) is 0 Å². The van der Waals surface area contributed by atoms with Crippen molar-refractivity contribution in [3.05, 3.63) is 54.2 Å². The van der Waals surface area contributed by atoms with E-state index in [2.05, 4.69) is 10.3 Å². The van der Waals surface area contributed by atoms with E-state index in [1.807, 2.05) is 74.2 Å². The van der Waals surface area contributed by atoms with E-state index >= 15 is 0 Å². The minimum absolute atomic E-state index is 0.303. The van der Waals surface area contributed by atoms with Crippen molar-refractivity contribution >= 4 is 28.4 Å². The van der Waals surface area contributed by atoms with E-state index in [0.29, 0.717) is 35.1 Å². The number of ether oxygens (including phenoxy) is 1. The summed E-state index contributed by atoms with van der Waals surface area (Å²) in [6.07, 6.45) is 0. The van der Waals surface area contributed by atoms with Gasteiger partial charge in [-0.25, -0.2) is 9.97 Å². The first-order chi connectivity index (χ1) is 13.2. The maximum atomic E-state index is 13.1. The Morgan fingerprint density at radius 1 is 0.963 bits per heavy atom. The number of nitrogens with zero attached hydrogens (tertiary/aromatic N) is 3. The summed E-state index contributed by atoms with van der Waals surface area (Å²) in [5.74, 6) is 0.916. The standard InChI is InChI=1S/C21H24N4O2/c1-4-25(5-2)20-19(22-15-11-7-8-12-16(15)23-20)21(26)24-17-13-9-10-14-18(17)27-6-3/h7-14H,4-6H2,1-3H3,(H,24,26). The fourth-order valence-corrected chi connectivity index (χ4v) is 2.92. The molecule has 3 rings (SSSR count). The third-order valence-corrected chi connectivity index (χ3v) is 4.27. The van der Waals surface area contributed by atoms with Gasteiger partial charge >= 0.3 is 0 Å². The number of benzene rings is 2. The van der Waals surface area contributed by atoms with E-state index < -0.39 is 0 Å². The molecule has 0 unspecified atom stereocenters. The summed E-state index contributed by atoms with van der Waals surface area (Å²) >= 11 is 0. The summed E-state index contributed by atoms with van der Waals surface area (Å²) in [4.78, 5) is 24.4. The average Bonchev–Trinajstić information content (AvgIpc) is 2.70. The molecule has 0 aliphatic carbocycles. The smallest absolute Gasteiger partial charge is 0.278 e. The molecule has 0 saturated heterocycles. The Labute approximate surface area is 159 Å². The lowest BCUT2D eigenvalue weighted by Gasteiger charge is -2.22. The van der Waals surface area contributed by atoms with E-state index in [0.717, 1.165) is 18.6 Å². The number of fused-ring (bicyclic) bond motifs is 1. The summed E-state index contributed by atoms with van der Waals surface area (Å²) in [5.41, 5.74) is 2.39. The zero-order chi connectivity index (χ0) is 19.2. The Morgan fingerprint density at radius 2 is 1.59 bits per heavy atom. The minimum Gasteiger partial charge on any atom is -0.492 e. The van der Waals surface area contributed by atoms with Crippen LogP contribution in [0.2, 0.25) is 0 Å². The van der Waals surface area contributed by atoms with Crippen molar-refractivity contribution < 1.29 is 9.53 Å². The van der Waals surface area contributed by atoms with Gasteiger partial charge in [0.15, 0.2) is 11.5 Å². The van der Waals surface area contributed by atoms with Crippen LogP contribution in [0, 0.1) is 0 Å². The fraction of sp³-hybridized carbons (Fsp3) is 0.286. The van der Waals surface area contributed by atoms with Crippen molar-refractivity contribution in [1.29, 1.82) is 0 Å². The molecule has 0 aliphatic heterocycles. The van der Waals surface area contributed by atoms with Gasteiger partial charge in [0.2, 0.25) is 0 Å². The largest absolute Gasteiger partial charge is 0.492 e. The molecule has 0 saturated carbocycles. The third kappa shape index (κ3) is 4.00. The molecule has 0 fully saturated rings. The zero-order valence-electron chi connectivity index (χ0n) is 15.9. The van der Waals surface area contributed by atoms with Gasteiger partial charge in [0.25, 0.3) is 5.91 Å². The van der Waals surface area contributed by atoms with Crippen LogP contribution in [0.25, 0.3) is 11.0 Å². The number of amides is 1. The minimum atomic E-state index is -0.303. The van der Waals surface area contributed by atoms with Crippen LogP contribution in [0.4, 0.5) is 11.5 Å². The Morgan fingerprint density at radius 3 is 2.26 bits per heavy atom. The number of nitrogens with one attached hydrogen (secondary N) is 1. The van der Waals surface area contributed by atoms with Crippen molar-refractivity contribution in [2.75, 3.05) is 29.9 Å². The monoisotopic (exact) mass is 364 g/mol. The molecule has 6 heteroatoms. The van der Waals surface area contributed by atoms with Gasteiger partial charge < -0.3 is 15.0 Å². The number of anilines is 2. The van der Waals surface area contributed by atoms with Crippen LogP contribution in [-0.4, -0.2) is 35.6 Å². The second kappa shape index (κ2) is 8.49. The first-order valence-corrected chi connectivity index (χ1v) is 9.22. The number of carbonyl (C=O) groups is 1. The zero-order valence-corrected chi connectivity index (χ0v) is 15.9. The lowest BCUT2D eigenvalue weighted by Crippen LogP contribution is -2.28. The molecule has 140 valence electrons. The number of para-hydroxylation sites is 4. The summed E-state index contributed by atoms with van der Waals surface area (Å²) in [7, 11) is 0. The molecule has 0 spiro atoms. The van der Waals surface area contributed by atoms with Gasteiger partial charge in [-0.05, 0) is 45.0 Å². The molecule has 1 aromatic heterocycles. The molecule has 2 aromatic carbocycles.